The molecule has 1 aromatic rings. The number of Topliss-reactive ketones (excluding diaryl/α,β-unsaturated/α-hetero) is 2. The molecule has 240 valence electrons. The van der Waals surface area contributed by atoms with Crippen LogP contribution in [-0.4, -0.2) is 30.8 Å². The molecule has 6 aliphatic carbocycles. The Morgan fingerprint density at radius 2 is 1.66 bits per heavy atom. The van der Waals surface area contributed by atoms with Crippen LogP contribution in [0.4, 0.5) is 0 Å². The van der Waals surface area contributed by atoms with Gasteiger partial charge < -0.3 is 4.79 Å². The summed E-state index contributed by atoms with van der Waals surface area (Å²) in [5.74, 6) is 1.73. The number of benzene rings is 1. The third-order valence-electron chi connectivity index (χ3n) is 13.5. The first-order chi connectivity index (χ1) is 21.0. The minimum absolute atomic E-state index is 0.0488. The van der Waals surface area contributed by atoms with Gasteiger partial charge >= 0.3 is 0 Å². The Balaban J connectivity index is 1.43. The van der Waals surface area contributed by atoms with E-state index in [4.69, 9.17) is 0 Å². The largest absolute Gasteiger partial charge is 0.303 e. The number of carbonyl (C=O) groups is 3. The van der Waals surface area contributed by atoms with Crippen LogP contribution in [0, 0.1) is 47.3 Å². The molecule has 6 bridgehead atoms. The van der Waals surface area contributed by atoms with Crippen molar-refractivity contribution in [3.63, 3.8) is 0 Å². The highest BCUT2D eigenvalue weighted by molar-refractivity contribution is 7.86. The molecule has 1 N–H and O–H groups in total. The lowest BCUT2D eigenvalue weighted by Crippen LogP contribution is -2.43. The molecule has 0 spiro atoms. The van der Waals surface area contributed by atoms with Crippen LogP contribution >= 0.6 is 0 Å². The quantitative estimate of drug-likeness (QED) is 0.259. The van der Waals surface area contributed by atoms with E-state index in [9.17, 15) is 27.4 Å². The van der Waals surface area contributed by atoms with Gasteiger partial charge in [-0.1, -0.05) is 51.7 Å². The highest BCUT2D eigenvalue weighted by atomic mass is 32.2. The van der Waals surface area contributed by atoms with E-state index < -0.39 is 15.5 Å². The van der Waals surface area contributed by atoms with Gasteiger partial charge in [0.25, 0.3) is 10.1 Å². The van der Waals surface area contributed by atoms with Gasteiger partial charge in [0.15, 0.2) is 0 Å². The normalized spacial score (nSPS) is 42.2. The van der Waals surface area contributed by atoms with Gasteiger partial charge in [-0.15, -0.1) is 0 Å². The van der Waals surface area contributed by atoms with Crippen LogP contribution in [0.3, 0.4) is 0 Å². The van der Waals surface area contributed by atoms with Gasteiger partial charge in [-0.3, -0.25) is 14.1 Å². The van der Waals surface area contributed by atoms with E-state index in [-0.39, 0.29) is 52.2 Å². The molecule has 0 aliphatic heterocycles. The van der Waals surface area contributed by atoms with Crippen LogP contribution in [0.2, 0.25) is 0 Å². The van der Waals surface area contributed by atoms with Crippen LogP contribution in [0.1, 0.15) is 139 Å². The van der Waals surface area contributed by atoms with E-state index in [1.807, 2.05) is 6.92 Å². The average molecular weight is 623 g/mol. The first-order valence-electron chi connectivity index (χ1n) is 17.7. The summed E-state index contributed by atoms with van der Waals surface area (Å²) in [6.45, 7) is 4.21. The van der Waals surface area contributed by atoms with Crippen molar-refractivity contribution in [3.8, 4) is 0 Å². The zero-order chi connectivity index (χ0) is 31.0. The lowest BCUT2D eigenvalue weighted by Gasteiger charge is -2.49. The summed E-state index contributed by atoms with van der Waals surface area (Å²) < 4.78 is 38.3. The summed E-state index contributed by atoms with van der Waals surface area (Å²) in [5.41, 5.74) is 2.09. The van der Waals surface area contributed by atoms with Crippen LogP contribution in [0.15, 0.2) is 17.0 Å². The minimum Gasteiger partial charge on any atom is -0.303 e. The highest BCUT2D eigenvalue weighted by Crippen LogP contribution is 2.57. The molecule has 6 aliphatic rings. The second kappa shape index (κ2) is 11.4. The van der Waals surface area contributed by atoms with E-state index >= 15 is 0 Å². The third kappa shape index (κ3) is 5.16. The van der Waals surface area contributed by atoms with Crippen LogP contribution < -0.4 is 0 Å². The second-order valence-electron chi connectivity index (χ2n) is 16.1. The summed E-state index contributed by atoms with van der Waals surface area (Å²) in [6.07, 6.45) is 14.1. The lowest BCUT2D eigenvalue weighted by atomic mass is 9.55. The Morgan fingerprint density at radius 3 is 2.41 bits per heavy atom. The maximum Gasteiger partial charge on any atom is 0.295 e. The van der Waals surface area contributed by atoms with Crippen molar-refractivity contribution in [2.24, 2.45) is 47.3 Å². The highest BCUT2D eigenvalue weighted by Gasteiger charge is 2.50. The monoisotopic (exact) mass is 622 g/mol. The molecule has 6 saturated carbocycles. The van der Waals surface area contributed by atoms with Crippen molar-refractivity contribution in [2.75, 3.05) is 0 Å². The molecule has 6 nitrogen and oxygen atoms in total. The molecule has 6 fully saturated rings. The Morgan fingerprint density at radius 1 is 0.864 bits per heavy atom. The Bertz CT molecular complexity index is 1450. The van der Waals surface area contributed by atoms with Crippen molar-refractivity contribution in [3.05, 3.63) is 28.8 Å². The predicted octanol–water partition coefficient (Wildman–Crippen LogP) is 7.58. The molecule has 0 radical (unpaired) electrons. The SMILES string of the molecule is CCC1C2CCCC(CC1c1cc(C3CC4CC(C)C(=O)C(C4)C3)c(S(=O)(=O)O)c(C34CCCC(CC(C=O)C3)C4)c1)C2=O. The van der Waals surface area contributed by atoms with E-state index in [1.54, 1.807) is 0 Å². The van der Waals surface area contributed by atoms with Crippen LogP contribution in [-0.2, 0) is 29.9 Å². The van der Waals surface area contributed by atoms with Crippen molar-refractivity contribution in [1.82, 2.24) is 0 Å². The molecule has 0 heterocycles. The van der Waals surface area contributed by atoms with E-state index in [2.05, 4.69) is 19.1 Å². The van der Waals surface area contributed by atoms with Gasteiger partial charge in [0.2, 0.25) is 0 Å². The number of aldehydes is 1. The molecular weight excluding hydrogens is 572 g/mol. The zero-order valence-corrected chi connectivity index (χ0v) is 27.3. The Kier molecular flexibility index (Phi) is 8.00. The predicted molar refractivity (Wildman–Crippen MR) is 168 cm³/mol. The fraction of sp³-hybridized carbons (Fsp3) is 0.757. The fourth-order valence-electron chi connectivity index (χ4n) is 11.9. The van der Waals surface area contributed by atoms with Gasteiger partial charge in [-0.25, -0.2) is 0 Å². The first kappa shape index (κ1) is 30.8. The Labute approximate surface area is 263 Å². The summed E-state index contributed by atoms with van der Waals surface area (Å²) in [5, 5.41) is 0. The van der Waals surface area contributed by atoms with Crippen molar-refractivity contribution in [2.45, 2.75) is 132 Å². The standard InChI is InChI=1S/C37H50O6S/c1-3-29-30-8-4-7-25(35(30)40)15-31(29)27-16-32(26-12-23-10-21(2)34(39)28(13-23)14-26)36(44(41,42)43)33(17-27)37-9-5-6-22(18-37)11-24(19-37)20-38/h16-17,20-26,28-31H,3-15,18-19H2,1-2H3,(H,41,42,43). The lowest BCUT2D eigenvalue weighted by molar-refractivity contribution is -0.135. The second-order valence-corrected chi connectivity index (χ2v) is 17.5. The zero-order valence-electron chi connectivity index (χ0n) is 26.5. The molecule has 0 aromatic heterocycles. The molecule has 11 atom stereocenters. The van der Waals surface area contributed by atoms with Gasteiger partial charge in [0.1, 0.15) is 22.7 Å². The van der Waals surface area contributed by atoms with Crippen molar-refractivity contribution in [1.29, 1.82) is 0 Å². The summed E-state index contributed by atoms with van der Waals surface area (Å²) >= 11 is 0. The fourth-order valence-corrected chi connectivity index (χ4v) is 13.0. The maximum absolute atomic E-state index is 13.6. The van der Waals surface area contributed by atoms with Gasteiger partial charge in [-0.2, -0.15) is 8.42 Å². The Hall–Kier alpha value is -1.86. The molecule has 44 heavy (non-hydrogen) atoms. The summed E-state index contributed by atoms with van der Waals surface area (Å²) in [4.78, 5) is 38.9. The number of carbonyl (C=O) groups excluding carboxylic acids is 3. The minimum atomic E-state index is -4.59. The van der Waals surface area contributed by atoms with E-state index in [0.717, 1.165) is 101 Å². The number of hydrogen-bond donors (Lipinski definition) is 1. The maximum atomic E-state index is 13.6. The van der Waals surface area contributed by atoms with Gasteiger partial charge in [-0.05, 0) is 122 Å². The number of fused-ring (bicyclic) bond motifs is 6. The molecule has 7 rings (SSSR count). The van der Waals surface area contributed by atoms with Crippen molar-refractivity contribution < 1.29 is 27.4 Å². The topological polar surface area (TPSA) is 106 Å². The molecule has 7 heteroatoms. The third-order valence-corrected chi connectivity index (χ3v) is 14.5. The van der Waals surface area contributed by atoms with E-state index in [1.165, 1.54) is 0 Å². The van der Waals surface area contributed by atoms with Gasteiger partial charge in [0, 0.05) is 29.6 Å². The molecule has 1 aromatic carbocycles. The molecule has 0 saturated heterocycles. The van der Waals surface area contributed by atoms with E-state index in [0.29, 0.717) is 41.8 Å². The van der Waals surface area contributed by atoms with Gasteiger partial charge in [0.05, 0.1) is 0 Å². The molecule has 0 amide bonds. The molecule has 11 unspecified atom stereocenters. The summed E-state index contributed by atoms with van der Waals surface area (Å²) in [6, 6.07) is 4.22. The number of hydrogen-bond acceptors (Lipinski definition) is 5. The van der Waals surface area contributed by atoms with Crippen LogP contribution in [0.25, 0.3) is 0 Å². The summed E-state index contributed by atoms with van der Waals surface area (Å²) in [7, 11) is -4.59. The smallest absolute Gasteiger partial charge is 0.295 e. The average Bonchev–Trinajstić information content (AvgIpc) is 2.98. The number of ketones is 2. The first-order valence-corrected chi connectivity index (χ1v) is 19.1. The van der Waals surface area contributed by atoms with Crippen molar-refractivity contribution >= 4 is 28.0 Å². The molecular formula is C37H50O6S. The number of rotatable bonds is 6. The van der Waals surface area contributed by atoms with Crippen LogP contribution in [0.5, 0.6) is 0 Å².